The monoisotopic (exact) mass is 253 g/mol. The molecule has 88 valence electrons. The molecule has 2 rings (SSSR count). The number of aliphatic hydroxyl groups is 1. The van der Waals surface area contributed by atoms with E-state index in [9.17, 15) is 4.39 Å². The van der Waals surface area contributed by atoms with E-state index in [4.69, 9.17) is 21.4 Å². The van der Waals surface area contributed by atoms with Crippen molar-refractivity contribution in [2.24, 2.45) is 0 Å². The average Bonchev–Trinajstić information content (AvgIpc) is 2.34. The number of aromatic nitrogens is 1. The summed E-state index contributed by atoms with van der Waals surface area (Å²) >= 11 is 5.56. The number of ether oxygens (including phenoxy) is 1. The van der Waals surface area contributed by atoms with Gasteiger partial charge in [0, 0.05) is 17.8 Å². The summed E-state index contributed by atoms with van der Waals surface area (Å²) in [7, 11) is 0. The molecule has 0 atom stereocenters. The van der Waals surface area contributed by atoms with Crippen LogP contribution >= 0.6 is 11.6 Å². The molecule has 0 aliphatic carbocycles. The summed E-state index contributed by atoms with van der Waals surface area (Å²) in [5.74, 6) is -0.0392. The minimum atomic E-state index is -0.564. The fraction of sp³-hybridized carbons (Fsp3) is 0.0833. The Morgan fingerprint density at radius 3 is 2.88 bits per heavy atom. The molecule has 0 saturated carbocycles. The van der Waals surface area contributed by atoms with Crippen LogP contribution < -0.4 is 4.74 Å². The average molecular weight is 254 g/mol. The number of halogens is 2. The molecule has 0 aliphatic rings. The zero-order valence-electron chi connectivity index (χ0n) is 8.73. The van der Waals surface area contributed by atoms with E-state index >= 15 is 0 Å². The molecule has 1 aromatic heterocycles. The maximum absolute atomic E-state index is 13.2. The molecule has 3 nitrogen and oxygen atoms in total. The van der Waals surface area contributed by atoms with Gasteiger partial charge in [-0.25, -0.2) is 9.37 Å². The van der Waals surface area contributed by atoms with Crippen LogP contribution in [0.15, 0.2) is 36.5 Å². The number of pyridine rings is 1. The third-order valence-electron chi connectivity index (χ3n) is 2.13. The Balaban J connectivity index is 2.28. The van der Waals surface area contributed by atoms with Crippen molar-refractivity contribution >= 4 is 11.6 Å². The predicted molar refractivity (Wildman–Crippen MR) is 61.6 cm³/mol. The number of nitrogens with zero attached hydrogens (tertiary/aromatic N) is 1. The molecule has 1 heterocycles. The summed E-state index contributed by atoms with van der Waals surface area (Å²) in [5.41, 5.74) is 0.530. The standard InChI is InChI=1S/C12H9ClFNO2/c13-10-4-3-9(6-11(10)14)17-12-8(7-16)2-1-5-15-12/h1-6,16H,7H2. The van der Waals surface area contributed by atoms with Crippen molar-refractivity contribution in [1.82, 2.24) is 4.98 Å². The predicted octanol–water partition coefficient (Wildman–Crippen LogP) is 3.16. The molecule has 0 aliphatic heterocycles. The van der Waals surface area contributed by atoms with Crippen LogP contribution in [0, 0.1) is 5.82 Å². The van der Waals surface area contributed by atoms with Gasteiger partial charge in [-0.2, -0.15) is 0 Å². The van der Waals surface area contributed by atoms with Crippen molar-refractivity contribution in [3.05, 3.63) is 52.9 Å². The maximum Gasteiger partial charge on any atom is 0.224 e. The van der Waals surface area contributed by atoms with Crippen LogP contribution in [0.5, 0.6) is 11.6 Å². The third-order valence-corrected chi connectivity index (χ3v) is 2.43. The Hall–Kier alpha value is -1.65. The summed E-state index contributed by atoms with van der Waals surface area (Å²) in [6.07, 6.45) is 1.53. The lowest BCUT2D eigenvalue weighted by molar-refractivity contribution is 0.275. The van der Waals surface area contributed by atoms with Crippen molar-refractivity contribution in [2.75, 3.05) is 0 Å². The molecule has 0 fully saturated rings. The number of benzene rings is 1. The normalized spacial score (nSPS) is 10.3. The first kappa shape index (κ1) is 11.8. The van der Waals surface area contributed by atoms with E-state index < -0.39 is 5.82 Å². The zero-order chi connectivity index (χ0) is 12.3. The lowest BCUT2D eigenvalue weighted by Crippen LogP contribution is -1.94. The van der Waals surface area contributed by atoms with Crippen LogP contribution in [0.2, 0.25) is 5.02 Å². The molecule has 1 N–H and O–H groups in total. The summed E-state index contributed by atoms with van der Waals surface area (Å²) in [6, 6.07) is 7.45. The van der Waals surface area contributed by atoms with Gasteiger partial charge in [-0.1, -0.05) is 11.6 Å². The first-order valence-corrected chi connectivity index (χ1v) is 5.26. The molecule has 0 unspecified atom stereocenters. The van der Waals surface area contributed by atoms with E-state index in [1.165, 1.54) is 18.3 Å². The molecule has 0 radical (unpaired) electrons. The van der Waals surface area contributed by atoms with E-state index in [2.05, 4.69) is 4.98 Å². The summed E-state index contributed by atoms with van der Waals surface area (Å²) in [6.45, 7) is -0.195. The fourth-order valence-electron chi connectivity index (χ4n) is 1.29. The second-order valence-electron chi connectivity index (χ2n) is 3.30. The van der Waals surface area contributed by atoms with Gasteiger partial charge < -0.3 is 9.84 Å². The second-order valence-corrected chi connectivity index (χ2v) is 3.71. The summed E-state index contributed by atoms with van der Waals surface area (Å²) < 4.78 is 18.5. The molecule has 17 heavy (non-hydrogen) atoms. The van der Waals surface area contributed by atoms with Gasteiger partial charge in [0.05, 0.1) is 11.6 Å². The first-order valence-electron chi connectivity index (χ1n) is 4.88. The van der Waals surface area contributed by atoms with Gasteiger partial charge in [-0.15, -0.1) is 0 Å². The van der Waals surface area contributed by atoms with Gasteiger partial charge in [0.15, 0.2) is 0 Å². The van der Waals surface area contributed by atoms with Gasteiger partial charge in [0.2, 0.25) is 5.88 Å². The Bertz CT molecular complexity index is 534. The van der Waals surface area contributed by atoms with Crippen LogP contribution in [0.25, 0.3) is 0 Å². The van der Waals surface area contributed by atoms with E-state index in [1.54, 1.807) is 12.1 Å². The first-order chi connectivity index (χ1) is 8.20. The smallest absolute Gasteiger partial charge is 0.224 e. The third kappa shape index (κ3) is 2.72. The highest BCUT2D eigenvalue weighted by Gasteiger charge is 2.07. The Morgan fingerprint density at radius 1 is 1.35 bits per heavy atom. The number of hydrogen-bond acceptors (Lipinski definition) is 3. The van der Waals surface area contributed by atoms with Gasteiger partial charge >= 0.3 is 0 Å². The van der Waals surface area contributed by atoms with Crippen molar-refractivity contribution in [3.63, 3.8) is 0 Å². The van der Waals surface area contributed by atoms with Gasteiger partial charge in [0.25, 0.3) is 0 Å². The number of hydrogen-bond donors (Lipinski definition) is 1. The maximum atomic E-state index is 13.2. The van der Waals surface area contributed by atoms with Crippen molar-refractivity contribution < 1.29 is 14.2 Å². The molecule has 1 aromatic carbocycles. The van der Waals surface area contributed by atoms with Crippen molar-refractivity contribution in [3.8, 4) is 11.6 Å². The van der Waals surface area contributed by atoms with Crippen LogP contribution in [0.3, 0.4) is 0 Å². The van der Waals surface area contributed by atoms with Crippen molar-refractivity contribution in [1.29, 1.82) is 0 Å². The lowest BCUT2D eigenvalue weighted by atomic mass is 10.3. The molecular formula is C12H9ClFNO2. The highest BCUT2D eigenvalue weighted by Crippen LogP contribution is 2.26. The van der Waals surface area contributed by atoms with Crippen LogP contribution in [0.4, 0.5) is 4.39 Å². The molecule has 2 aromatic rings. The lowest BCUT2D eigenvalue weighted by Gasteiger charge is -2.08. The minimum Gasteiger partial charge on any atom is -0.439 e. The topological polar surface area (TPSA) is 42.4 Å². The van der Waals surface area contributed by atoms with Gasteiger partial charge in [-0.3, -0.25) is 0 Å². The number of rotatable bonds is 3. The molecule has 0 bridgehead atoms. The van der Waals surface area contributed by atoms with E-state index in [0.29, 0.717) is 5.56 Å². The summed E-state index contributed by atoms with van der Waals surface area (Å²) in [5, 5.41) is 9.11. The number of aliphatic hydroxyl groups excluding tert-OH is 1. The Morgan fingerprint density at radius 2 is 2.18 bits per heavy atom. The SMILES string of the molecule is OCc1cccnc1Oc1ccc(Cl)c(F)c1. The molecule has 5 heteroatoms. The van der Waals surface area contributed by atoms with E-state index in [0.717, 1.165) is 6.07 Å². The zero-order valence-corrected chi connectivity index (χ0v) is 9.49. The molecule has 0 amide bonds. The van der Waals surface area contributed by atoms with E-state index in [-0.39, 0.29) is 23.3 Å². The van der Waals surface area contributed by atoms with Crippen LogP contribution in [0.1, 0.15) is 5.56 Å². The summed E-state index contributed by atoms with van der Waals surface area (Å²) in [4.78, 5) is 3.96. The molecular weight excluding hydrogens is 245 g/mol. The Labute approximate surface area is 102 Å². The fourth-order valence-corrected chi connectivity index (χ4v) is 1.41. The highest BCUT2D eigenvalue weighted by molar-refractivity contribution is 6.30. The highest BCUT2D eigenvalue weighted by atomic mass is 35.5. The quantitative estimate of drug-likeness (QED) is 0.914. The van der Waals surface area contributed by atoms with Gasteiger partial charge in [-0.05, 0) is 24.3 Å². The van der Waals surface area contributed by atoms with Gasteiger partial charge in [0.1, 0.15) is 11.6 Å². The molecule has 0 spiro atoms. The van der Waals surface area contributed by atoms with E-state index in [1.807, 2.05) is 0 Å². The largest absolute Gasteiger partial charge is 0.439 e. The second kappa shape index (κ2) is 5.12. The van der Waals surface area contributed by atoms with Crippen LogP contribution in [-0.4, -0.2) is 10.1 Å². The van der Waals surface area contributed by atoms with Crippen molar-refractivity contribution in [2.45, 2.75) is 6.61 Å². The molecule has 0 saturated heterocycles. The van der Waals surface area contributed by atoms with Crippen LogP contribution in [-0.2, 0) is 6.61 Å². The Kier molecular flexibility index (Phi) is 3.56. The minimum absolute atomic E-state index is 0.0285.